The van der Waals surface area contributed by atoms with Crippen LogP contribution in [0.15, 0.2) is 48.8 Å². The summed E-state index contributed by atoms with van der Waals surface area (Å²) in [6.45, 7) is 0.703. The normalized spacial score (nSPS) is 10.7. The molecule has 0 amide bonds. The van der Waals surface area contributed by atoms with Crippen LogP contribution >= 0.6 is 0 Å². The van der Waals surface area contributed by atoms with E-state index in [0.29, 0.717) is 6.54 Å². The highest BCUT2D eigenvalue weighted by Gasteiger charge is 2.07. The van der Waals surface area contributed by atoms with Gasteiger partial charge in [0.25, 0.3) is 0 Å². The minimum absolute atomic E-state index is 0.703. The molecule has 0 fully saturated rings. The van der Waals surface area contributed by atoms with Crippen molar-refractivity contribution in [1.29, 1.82) is 0 Å². The SMILES string of the molecule is CN(C)c1cc(N(C)Cc2ccc3ccccc3n2)ncn1. The molecule has 0 N–H and O–H groups in total. The molecule has 0 atom stereocenters. The second-order valence-corrected chi connectivity index (χ2v) is 5.48. The Hall–Kier alpha value is -2.69. The van der Waals surface area contributed by atoms with Crippen LogP contribution in [-0.4, -0.2) is 36.1 Å². The number of rotatable bonds is 4. The minimum Gasteiger partial charge on any atom is -0.363 e. The Morgan fingerprint density at radius 3 is 2.50 bits per heavy atom. The van der Waals surface area contributed by atoms with E-state index in [9.17, 15) is 0 Å². The van der Waals surface area contributed by atoms with Crippen molar-refractivity contribution in [1.82, 2.24) is 15.0 Å². The molecule has 0 saturated heterocycles. The van der Waals surface area contributed by atoms with Gasteiger partial charge in [-0.05, 0) is 12.1 Å². The molecule has 0 aliphatic rings. The molecular weight excluding hydrogens is 274 g/mol. The van der Waals surface area contributed by atoms with Gasteiger partial charge < -0.3 is 9.80 Å². The molecular formula is C17H19N5. The molecule has 0 radical (unpaired) electrons. The van der Waals surface area contributed by atoms with Gasteiger partial charge in [-0.2, -0.15) is 0 Å². The first kappa shape index (κ1) is 14.3. The molecule has 0 bridgehead atoms. The highest BCUT2D eigenvalue weighted by molar-refractivity contribution is 5.78. The van der Waals surface area contributed by atoms with E-state index in [1.807, 2.05) is 50.3 Å². The van der Waals surface area contributed by atoms with Crippen LogP contribution in [0.3, 0.4) is 0 Å². The van der Waals surface area contributed by atoms with Crippen LogP contribution in [0.2, 0.25) is 0 Å². The summed E-state index contributed by atoms with van der Waals surface area (Å²) < 4.78 is 0. The molecule has 5 nitrogen and oxygen atoms in total. The molecule has 0 saturated carbocycles. The van der Waals surface area contributed by atoms with Gasteiger partial charge in [-0.25, -0.2) is 9.97 Å². The maximum atomic E-state index is 4.70. The maximum absolute atomic E-state index is 4.70. The van der Waals surface area contributed by atoms with Crippen LogP contribution in [0.25, 0.3) is 10.9 Å². The zero-order valence-electron chi connectivity index (χ0n) is 13.1. The summed E-state index contributed by atoms with van der Waals surface area (Å²) in [7, 11) is 5.95. The third kappa shape index (κ3) is 2.98. The maximum Gasteiger partial charge on any atom is 0.134 e. The zero-order chi connectivity index (χ0) is 15.5. The second-order valence-electron chi connectivity index (χ2n) is 5.48. The van der Waals surface area contributed by atoms with E-state index in [1.54, 1.807) is 6.33 Å². The number of aromatic nitrogens is 3. The Balaban J connectivity index is 1.83. The monoisotopic (exact) mass is 293 g/mol. The quantitative estimate of drug-likeness (QED) is 0.740. The van der Waals surface area contributed by atoms with Crippen molar-refractivity contribution in [3.05, 3.63) is 54.5 Å². The lowest BCUT2D eigenvalue weighted by Gasteiger charge is -2.19. The van der Waals surface area contributed by atoms with Crippen LogP contribution in [0.4, 0.5) is 11.6 Å². The molecule has 1 aromatic carbocycles. The van der Waals surface area contributed by atoms with Gasteiger partial charge in [0.15, 0.2) is 0 Å². The van der Waals surface area contributed by atoms with Gasteiger partial charge >= 0.3 is 0 Å². The van der Waals surface area contributed by atoms with Gasteiger partial charge in [-0.15, -0.1) is 0 Å². The lowest BCUT2D eigenvalue weighted by Crippen LogP contribution is -2.20. The standard InChI is InChI=1S/C17H19N5/c1-21(2)16-10-17(19-12-18-16)22(3)11-14-9-8-13-6-4-5-7-15(13)20-14/h4-10,12H,11H2,1-3H3. The smallest absolute Gasteiger partial charge is 0.134 e. The topological polar surface area (TPSA) is 45.2 Å². The van der Waals surface area contributed by atoms with Crippen LogP contribution in [0, 0.1) is 0 Å². The van der Waals surface area contributed by atoms with Crippen LogP contribution < -0.4 is 9.80 Å². The molecule has 3 aromatic rings. The third-order valence-corrected chi connectivity index (χ3v) is 3.54. The first-order chi connectivity index (χ1) is 10.6. The van der Waals surface area contributed by atoms with Crippen molar-refractivity contribution in [3.63, 3.8) is 0 Å². The number of hydrogen-bond acceptors (Lipinski definition) is 5. The average Bonchev–Trinajstić information content (AvgIpc) is 2.55. The molecule has 22 heavy (non-hydrogen) atoms. The number of pyridine rings is 1. The largest absolute Gasteiger partial charge is 0.363 e. The van der Waals surface area contributed by atoms with Crippen LogP contribution in [0.1, 0.15) is 5.69 Å². The van der Waals surface area contributed by atoms with E-state index >= 15 is 0 Å². The minimum atomic E-state index is 0.703. The molecule has 5 heteroatoms. The van der Waals surface area contributed by atoms with Crippen LogP contribution in [-0.2, 0) is 6.54 Å². The second kappa shape index (κ2) is 5.97. The van der Waals surface area contributed by atoms with E-state index in [4.69, 9.17) is 4.98 Å². The lowest BCUT2D eigenvalue weighted by atomic mass is 10.2. The van der Waals surface area contributed by atoms with E-state index in [2.05, 4.69) is 33.1 Å². The third-order valence-electron chi connectivity index (χ3n) is 3.54. The summed E-state index contributed by atoms with van der Waals surface area (Å²) in [5, 5.41) is 1.16. The van der Waals surface area contributed by atoms with Gasteiger partial charge in [-0.3, -0.25) is 4.98 Å². The van der Waals surface area contributed by atoms with Crippen molar-refractivity contribution in [2.45, 2.75) is 6.54 Å². The molecule has 0 spiro atoms. The molecule has 0 aliphatic carbocycles. The van der Waals surface area contributed by atoms with Crippen molar-refractivity contribution >= 4 is 22.5 Å². The number of anilines is 2. The Labute approximate surface area is 130 Å². The fourth-order valence-electron chi connectivity index (χ4n) is 2.31. The summed E-state index contributed by atoms with van der Waals surface area (Å²) in [5.74, 6) is 1.77. The summed E-state index contributed by atoms with van der Waals surface area (Å²) in [5.41, 5.74) is 2.04. The number of fused-ring (bicyclic) bond motifs is 1. The number of nitrogens with zero attached hydrogens (tertiary/aromatic N) is 5. The van der Waals surface area contributed by atoms with Gasteiger partial charge in [0.2, 0.25) is 0 Å². The molecule has 0 aliphatic heterocycles. The van der Waals surface area contributed by atoms with E-state index in [1.165, 1.54) is 0 Å². The predicted octanol–water partition coefficient (Wildman–Crippen LogP) is 2.73. The highest BCUT2D eigenvalue weighted by atomic mass is 15.2. The summed E-state index contributed by atoms with van der Waals surface area (Å²) in [6.07, 6.45) is 1.59. The highest BCUT2D eigenvalue weighted by Crippen LogP contribution is 2.17. The zero-order valence-corrected chi connectivity index (χ0v) is 13.1. The van der Waals surface area contributed by atoms with Crippen molar-refractivity contribution in [2.24, 2.45) is 0 Å². The predicted molar refractivity (Wildman–Crippen MR) is 90.2 cm³/mol. The fraction of sp³-hybridized carbons (Fsp3) is 0.235. The van der Waals surface area contributed by atoms with Gasteiger partial charge in [0.05, 0.1) is 17.8 Å². The summed E-state index contributed by atoms with van der Waals surface area (Å²) >= 11 is 0. The van der Waals surface area contributed by atoms with Gasteiger partial charge in [-0.1, -0.05) is 24.3 Å². The number of para-hydroxylation sites is 1. The van der Waals surface area contributed by atoms with E-state index in [-0.39, 0.29) is 0 Å². The summed E-state index contributed by atoms with van der Waals surface area (Å²) in [6, 6.07) is 14.3. The molecule has 112 valence electrons. The van der Waals surface area contributed by atoms with Crippen molar-refractivity contribution in [2.75, 3.05) is 30.9 Å². The van der Waals surface area contributed by atoms with E-state index < -0.39 is 0 Å². The van der Waals surface area contributed by atoms with E-state index in [0.717, 1.165) is 28.2 Å². The van der Waals surface area contributed by atoms with Gasteiger partial charge in [0.1, 0.15) is 18.0 Å². The Morgan fingerprint density at radius 1 is 0.909 bits per heavy atom. The number of benzene rings is 1. The lowest BCUT2D eigenvalue weighted by molar-refractivity contribution is 0.863. The Bertz CT molecular complexity index is 785. The molecule has 3 rings (SSSR count). The first-order valence-electron chi connectivity index (χ1n) is 7.18. The first-order valence-corrected chi connectivity index (χ1v) is 7.18. The molecule has 2 heterocycles. The van der Waals surface area contributed by atoms with Crippen LogP contribution in [0.5, 0.6) is 0 Å². The van der Waals surface area contributed by atoms with Gasteiger partial charge in [0, 0.05) is 32.6 Å². The average molecular weight is 293 g/mol. The number of hydrogen-bond donors (Lipinski definition) is 0. The fourth-order valence-corrected chi connectivity index (χ4v) is 2.31. The summed E-state index contributed by atoms with van der Waals surface area (Å²) in [4.78, 5) is 17.3. The molecule has 2 aromatic heterocycles. The Morgan fingerprint density at radius 2 is 1.68 bits per heavy atom. The van der Waals surface area contributed by atoms with Crippen molar-refractivity contribution < 1.29 is 0 Å². The van der Waals surface area contributed by atoms with Crippen molar-refractivity contribution in [3.8, 4) is 0 Å². The Kier molecular flexibility index (Phi) is 3.87. The molecule has 0 unspecified atom stereocenters.